The second-order valence-corrected chi connectivity index (χ2v) is 5.70. The molecule has 6 nitrogen and oxygen atoms in total. The van der Waals surface area contributed by atoms with Crippen molar-refractivity contribution in [1.29, 1.82) is 0 Å². The number of guanidine groups is 1. The minimum atomic E-state index is -0.492. The predicted molar refractivity (Wildman–Crippen MR) is 99.6 cm³/mol. The van der Waals surface area contributed by atoms with Gasteiger partial charge in [-0.25, -0.2) is 0 Å². The maximum Gasteiger partial charge on any atom is 0.255 e. The second-order valence-electron chi connectivity index (χ2n) is 5.70. The highest BCUT2D eigenvalue weighted by atomic mass is 127. The molecule has 124 valence electrons. The zero-order valence-electron chi connectivity index (χ0n) is 13.5. The molecular formula is C15H25IN4O2. The molecule has 0 spiro atoms. The lowest BCUT2D eigenvalue weighted by Crippen LogP contribution is -2.47. The van der Waals surface area contributed by atoms with E-state index in [2.05, 4.69) is 36.4 Å². The lowest BCUT2D eigenvalue weighted by atomic mass is 10.1. The largest absolute Gasteiger partial charge is 0.484 e. The number of ether oxygens (including phenoxy) is 1. The van der Waals surface area contributed by atoms with Gasteiger partial charge in [-0.05, 0) is 38.5 Å². The van der Waals surface area contributed by atoms with Gasteiger partial charge >= 0.3 is 0 Å². The number of carbonyl (C=O) groups excluding carboxylic acids is 1. The molecule has 1 rings (SSSR count). The SMILES string of the molecule is CN=C(NCc1cccc(OCC(N)=O)c1)NC(C)(C)C.I. The van der Waals surface area contributed by atoms with E-state index in [0.29, 0.717) is 12.3 Å². The van der Waals surface area contributed by atoms with Crippen molar-refractivity contribution in [3.05, 3.63) is 29.8 Å². The van der Waals surface area contributed by atoms with Gasteiger partial charge in [-0.2, -0.15) is 0 Å². The van der Waals surface area contributed by atoms with Crippen LogP contribution in [0.25, 0.3) is 0 Å². The molecule has 0 aromatic heterocycles. The molecule has 1 aromatic carbocycles. The third-order valence-electron chi connectivity index (χ3n) is 2.46. The van der Waals surface area contributed by atoms with Crippen molar-refractivity contribution in [3.63, 3.8) is 0 Å². The average molecular weight is 420 g/mol. The highest BCUT2D eigenvalue weighted by Gasteiger charge is 2.11. The number of benzene rings is 1. The highest BCUT2D eigenvalue weighted by Crippen LogP contribution is 2.13. The summed E-state index contributed by atoms with van der Waals surface area (Å²) in [6.45, 7) is 6.68. The van der Waals surface area contributed by atoms with E-state index < -0.39 is 5.91 Å². The normalized spacial score (nSPS) is 11.4. The predicted octanol–water partition coefficient (Wildman–Crippen LogP) is 1.63. The maximum atomic E-state index is 10.7. The number of carbonyl (C=O) groups is 1. The third kappa shape index (κ3) is 8.71. The Kier molecular flexibility index (Phi) is 8.84. The third-order valence-corrected chi connectivity index (χ3v) is 2.46. The molecule has 1 amide bonds. The van der Waals surface area contributed by atoms with E-state index in [0.717, 1.165) is 11.5 Å². The molecule has 0 radical (unpaired) electrons. The van der Waals surface area contributed by atoms with Gasteiger partial charge in [-0.3, -0.25) is 9.79 Å². The Morgan fingerprint density at radius 3 is 2.59 bits per heavy atom. The molecule has 0 atom stereocenters. The van der Waals surface area contributed by atoms with Crippen LogP contribution in [0.15, 0.2) is 29.3 Å². The monoisotopic (exact) mass is 420 g/mol. The number of nitrogens with zero attached hydrogens (tertiary/aromatic N) is 1. The summed E-state index contributed by atoms with van der Waals surface area (Å²) in [6, 6.07) is 7.48. The molecule has 0 heterocycles. The molecule has 0 saturated carbocycles. The van der Waals surface area contributed by atoms with Crippen molar-refractivity contribution in [2.24, 2.45) is 10.7 Å². The van der Waals surface area contributed by atoms with Crippen LogP contribution in [0.2, 0.25) is 0 Å². The van der Waals surface area contributed by atoms with Gasteiger partial charge in [0.05, 0.1) is 0 Å². The maximum absolute atomic E-state index is 10.7. The Balaban J connectivity index is 0.00000441. The standard InChI is InChI=1S/C15H24N4O2.HI/c1-15(2,3)19-14(17-4)18-9-11-6-5-7-12(8-11)21-10-13(16)20;/h5-8H,9-10H2,1-4H3,(H2,16,20)(H2,17,18,19);1H. The van der Waals surface area contributed by atoms with Crippen LogP contribution in [0.1, 0.15) is 26.3 Å². The fraction of sp³-hybridized carbons (Fsp3) is 0.467. The van der Waals surface area contributed by atoms with Crippen LogP contribution in [-0.4, -0.2) is 31.1 Å². The Morgan fingerprint density at radius 2 is 2.05 bits per heavy atom. The van der Waals surface area contributed by atoms with Gasteiger partial charge in [0.2, 0.25) is 0 Å². The van der Waals surface area contributed by atoms with Gasteiger partial charge in [-0.15, -0.1) is 24.0 Å². The van der Waals surface area contributed by atoms with E-state index in [1.807, 2.05) is 18.2 Å². The zero-order chi connectivity index (χ0) is 15.9. The first kappa shape index (κ1) is 20.5. The molecular weight excluding hydrogens is 395 g/mol. The second kappa shape index (κ2) is 9.50. The Morgan fingerprint density at radius 1 is 1.36 bits per heavy atom. The lowest BCUT2D eigenvalue weighted by molar-refractivity contribution is -0.119. The van der Waals surface area contributed by atoms with Gasteiger partial charge in [0.15, 0.2) is 12.6 Å². The first-order chi connectivity index (χ1) is 9.80. The minimum absolute atomic E-state index is 0. The fourth-order valence-electron chi connectivity index (χ4n) is 1.62. The number of amides is 1. The van der Waals surface area contributed by atoms with Crippen molar-refractivity contribution < 1.29 is 9.53 Å². The van der Waals surface area contributed by atoms with Crippen LogP contribution in [-0.2, 0) is 11.3 Å². The quantitative estimate of drug-likeness (QED) is 0.384. The van der Waals surface area contributed by atoms with Crippen LogP contribution < -0.4 is 21.1 Å². The fourth-order valence-corrected chi connectivity index (χ4v) is 1.62. The molecule has 0 aliphatic rings. The van der Waals surface area contributed by atoms with E-state index >= 15 is 0 Å². The molecule has 4 N–H and O–H groups in total. The number of hydrogen-bond acceptors (Lipinski definition) is 3. The number of hydrogen-bond donors (Lipinski definition) is 3. The summed E-state index contributed by atoms with van der Waals surface area (Å²) in [5.74, 6) is 0.853. The highest BCUT2D eigenvalue weighted by molar-refractivity contribution is 14.0. The Bertz CT molecular complexity index is 513. The van der Waals surface area contributed by atoms with E-state index in [9.17, 15) is 4.79 Å². The molecule has 1 aromatic rings. The van der Waals surface area contributed by atoms with Crippen LogP contribution >= 0.6 is 24.0 Å². The molecule has 7 heteroatoms. The first-order valence-electron chi connectivity index (χ1n) is 6.79. The first-order valence-corrected chi connectivity index (χ1v) is 6.79. The van der Waals surface area contributed by atoms with Crippen molar-refractivity contribution in [1.82, 2.24) is 10.6 Å². The van der Waals surface area contributed by atoms with E-state index in [1.54, 1.807) is 13.1 Å². The van der Waals surface area contributed by atoms with Crippen LogP contribution in [0, 0.1) is 0 Å². The van der Waals surface area contributed by atoms with Gasteiger partial charge in [-0.1, -0.05) is 12.1 Å². The number of rotatable bonds is 5. The van der Waals surface area contributed by atoms with Crippen LogP contribution in [0.4, 0.5) is 0 Å². The average Bonchev–Trinajstić information content (AvgIpc) is 2.40. The summed E-state index contributed by atoms with van der Waals surface area (Å²) in [5.41, 5.74) is 6.01. The van der Waals surface area contributed by atoms with E-state index in [-0.39, 0.29) is 36.1 Å². The lowest BCUT2D eigenvalue weighted by Gasteiger charge is -2.23. The molecule has 0 fully saturated rings. The molecule has 0 aliphatic heterocycles. The number of nitrogens with two attached hydrogens (primary N) is 1. The molecule has 0 unspecified atom stereocenters. The number of nitrogens with one attached hydrogen (secondary N) is 2. The number of halogens is 1. The number of aliphatic imine (C=N–C) groups is 1. The van der Waals surface area contributed by atoms with E-state index in [4.69, 9.17) is 10.5 Å². The van der Waals surface area contributed by atoms with Gasteiger partial charge in [0.25, 0.3) is 5.91 Å². The summed E-state index contributed by atoms with van der Waals surface area (Å²) in [7, 11) is 1.73. The summed E-state index contributed by atoms with van der Waals surface area (Å²) >= 11 is 0. The zero-order valence-corrected chi connectivity index (χ0v) is 15.8. The van der Waals surface area contributed by atoms with Crippen LogP contribution in [0.5, 0.6) is 5.75 Å². The topological polar surface area (TPSA) is 88.7 Å². The van der Waals surface area contributed by atoms with Crippen molar-refractivity contribution in [3.8, 4) is 5.75 Å². The summed E-state index contributed by atoms with van der Waals surface area (Å²) in [6.07, 6.45) is 0. The van der Waals surface area contributed by atoms with Gasteiger partial charge < -0.3 is 21.1 Å². The Labute approximate surface area is 148 Å². The molecule has 22 heavy (non-hydrogen) atoms. The summed E-state index contributed by atoms with van der Waals surface area (Å²) in [5, 5.41) is 6.50. The van der Waals surface area contributed by atoms with Gasteiger partial charge in [0.1, 0.15) is 5.75 Å². The summed E-state index contributed by atoms with van der Waals surface area (Å²) < 4.78 is 5.27. The van der Waals surface area contributed by atoms with Gasteiger partial charge in [0, 0.05) is 19.1 Å². The molecule has 0 saturated heterocycles. The smallest absolute Gasteiger partial charge is 0.255 e. The van der Waals surface area contributed by atoms with E-state index in [1.165, 1.54) is 0 Å². The van der Waals surface area contributed by atoms with Crippen molar-refractivity contribution >= 4 is 35.8 Å². The molecule has 0 aliphatic carbocycles. The molecule has 0 bridgehead atoms. The minimum Gasteiger partial charge on any atom is -0.484 e. The summed E-state index contributed by atoms with van der Waals surface area (Å²) in [4.78, 5) is 14.9. The van der Waals surface area contributed by atoms with Crippen LogP contribution in [0.3, 0.4) is 0 Å². The Hall–Kier alpha value is -1.51. The number of primary amides is 1. The van der Waals surface area contributed by atoms with Crippen molar-refractivity contribution in [2.45, 2.75) is 32.9 Å². The van der Waals surface area contributed by atoms with Crippen molar-refractivity contribution in [2.75, 3.05) is 13.7 Å².